The third-order valence-corrected chi connectivity index (χ3v) is 7.27. The topological polar surface area (TPSA) is 13.1 Å². The molecule has 0 radical (unpaired) electrons. The summed E-state index contributed by atoms with van der Waals surface area (Å²) in [6, 6.07) is 9.39. The molecule has 162 valence electrons. The van der Waals surface area contributed by atoms with Crippen molar-refractivity contribution in [3.05, 3.63) is 47.7 Å². The number of pyridine rings is 1. The highest BCUT2D eigenvalue weighted by atomic mass is 19.4. The molecular formula is C25H31F3NO+. The monoisotopic (exact) mass is 418 g/mol. The SMILES string of the molecule is CCCC1CC1C1(CC)c2ccc(OC(F)(F)F)cc2-c2ccc(C)c[n+]2C1CC. The molecule has 5 heteroatoms. The molecule has 1 aliphatic heterocycles. The van der Waals surface area contributed by atoms with Crippen LogP contribution >= 0.6 is 0 Å². The Hall–Kier alpha value is -2.04. The minimum absolute atomic E-state index is 0.0634. The lowest BCUT2D eigenvalue weighted by Crippen LogP contribution is -2.56. The summed E-state index contributed by atoms with van der Waals surface area (Å²) in [6.07, 6.45) is 3.05. The zero-order valence-corrected chi connectivity index (χ0v) is 18.2. The maximum atomic E-state index is 12.9. The Bertz CT molecular complexity index is 938. The average molecular weight is 419 g/mol. The number of ether oxygens (including phenoxy) is 1. The fraction of sp³-hybridized carbons (Fsp3) is 0.560. The lowest BCUT2D eigenvalue weighted by molar-refractivity contribution is -0.726. The van der Waals surface area contributed by atoms with Crippen LogP contribution in [-0.2, 0) is 5.41 Å². The number of fused-ring (bicyclic) bond motifs is 3. The zero-order valence-electron chi connectivity index (χ0n) is 18.2. The summed E-state index contributed by atoms with van der Waals surface area (Å²) < 4.78 is 45.3. The Kier molecular flexibility index (Phi) is 5.36. The molecule has 1 aromatic carbocycles. The van der Waals surface area contributed by atoms with E-state index in [1.165, 1.54) is 30.9 Å². The van der Waals surface area contributed by atoms with Gasteiger partial charge in [0.2, 0.25) is 5.69 Å². The molecule has 2 nitrogen and oxygen atoms in total. The molecule has 0 spiro atoms. The number of rotatable bonds is 6. The maximum absolute atomic E-state index is 12.9. The van der Waals surface area contributed by atoms with Gasteiger partial charge in [-0.25, -0.2) is 0 Å². The Labute approximate surface area is 177 Å². The van der Waals surface area contributed by atoms with E-state index in [2.05, 4.69) is 43.2 Å². The quantitative estimate of drug-likeness (QED) is 0.465. The van der Waals surface area contributed by atoms with Crippen LogP contribution in [0.4, 0.5) is 13.2 Å². The molecule has 4 atom stereocenters. The lowest BCUT2D eigenvalue weighted by Gasteiger charge is -2.42. The van der Waals surface area contributed by atoms with Crippen molar-refractivity contribution in [3.8, 4) is 17.0 Å². The molecule has 0 bridgehead atoms. The number of hydrogen-bond donors (Lipinski definition) is 0. The van der Waals surface area contributed by atoms with Crippen LogP contribution in [0.1, 0.15) is 70.0 Å². The summed E-state index contributed by atoms with van der Waals surface area (Å²) in [5.41, 5.74) is 4.15. The molecular weight excluding hydrogens is 387 g/mol. The number of aryl methyl sites for hydroxylation is 1. The minimum Gasteiger partial charge on any atom is -0.406 e. The summed E-state index contributed by atoms with van der Waals surface area (Å²) in [6.45, 7) is 8.78. The smallest absolute Gasteiger partial charge is 0.406 e. The predicted octanol–water partition coefficient (Wildman–Crippen LogP) is 6.90. The number of halogens is 3. The average Bonchev–Trinajstić information content (AvgIpc) is 3.45. The van der Waals surface area contributed by atoms with Gasteiger partial charge in [-0.1, -0.05) is 39.7 Å². The number of hydrogen-bond acceptors (Lipinski definition) is 1. The molecule has 0 amide bonds. The number of benzene rings is 1. The van der Waals surface area contributed by atoms with Crippen LogP contribution in [0.15, 0.2) is 36.5 Å². The van der Waals surface area contributed by atoms with E-state index >= 15 is 0 Å². The van der Waals surface area contributed by atoms with Crippen LogP contribution in [0.5, 0.6) is 5.75 Å². The largest absolute Gasteiger partial charge is 0.573 e. The molecule has 1 saturated carbocycles. The van der Waals surface area contributed by atoms with E-state index in [1.807, 2.05) is 18.2 Å². The standard InChI is InChI=1S/C25H31F3NO/c1-5-8-17-13-21(17)24(7-3)20-11-10-18(30-25(26,27)28)14-19(20)22-12-9-16(4)15-29(22)23(24)6-2/h9-12,14-15,17,21,23H,5-8,13H2,1-4H3/q+1. The first-order valence-electron chi connectivity index (χ1n) is 11.2. The summed E-state index contributed by atoms with van der Waals surface area (Å²) in [4.78, 5) is 0. The molecule has 2 heterocycles. The molecule has 0 saturated heterocycles. The van der Waals surface area contributed by atoms with Gasteiger partial charge in [-0.2, -0.15) is 4.57 Å². The van der Waals surface area contributed by atoms with Gasteiger partial charge in [0, 0.05) is 18.1 Å². The van der Waals surface area contributed by atoms with Gasteiger partial charge >= 0.3 is 6.36 Å². The number of aromatic nitrogens is 1. The van der Waals surface area contributed by atoms with Gasteiger partial charge in [0.25, 0.3) is 0 Å². The third kappa shape index (κ3) is 3.40. The second-order valence-electron chi connectivity index (χ2n) is 8.96. The van der Waals surface area contributed by atoms with E-state index in [-0.39, 0.29) is 11.2 Å². The normalized spacial score (nSPS) is 27.4. The van der Waals surface area contributed by atoms with Gasteiger partial charge < -0.3 is 4.74 Å². The van der Waals surface area contributed by atoms with E-state index in [1.54, 1.807) is 6.07 Å². The van der Waals surface area contributed by atoms with Crippen LogP contribution in [0.3, 0.4) is 0 Å². The Balaban J connectivity index is 1.93. The van der Waals surface area contributed by atoms with Crippen LogP contribution in [0.2, 0.25) is 0 Å². The highest BCUT2D eigenvalue weighted by Crippen LogP contribution is 2.62. The van der Waals surface area contributed by atoms with Crippen molar-refractivity contribution >= 4 is 0 Å². The minimum atomic E-state index is -4.69. The van der Waals surface area contributed by atoms with Gasteiger partial charge in [0.1, 0.15) is 5.75 Å². The summed E-state index contributed by atoms with van der Waals surface area (Å²) in [5, 5.41) is 0. The molecule has 1 fully saturated rings. The van der Waals surface area contributed by atoms with Gasteiger partial charge in [-0.15, -0.1) is 13.2 Å². The molecule has 1 aromatic heterocycles. The van der Waals surface area contributed by atoms with E-state index in [0.717, 1.165) is 29.7 Å². The molecule has 2 aromatic rings. The van der Waals surface area contributed by atoms with Crippen molar-refractivity contribution in [1.82, 2.24) is 0 Å². The number of nitrogens with zero attached hydrogens (tertiary/aromatic N) is 1. The van der Waals surface area contributed by atoms with Gasteiger partial charge in [0.15, 0.2) is 12.2 Å². The van der Waals surface area contributed by atoms with Crippen molar-refractivity contribution in [2.75, 3.05) is 0 Å². The maximum Gasteiger partial charge on any atom is 0.573 e. The van der Waals surface area contributed by atoms with Crippen LogP contribution in [0, 0.1) is 18.8 Å². The fourth-order valence-electron chi connectivity index (χ4n) is 6.15. The zero-order chi connectivity index (χ0) is 21.7. The van der Waals surface area contributed by atoms with Crippen LogP contribution in [0.25, 0.3) is 11.3 Å². The van der Waals surface area contributed by atoms with E-state index in [9.17, 15) is 13.2 Å². The molecule has 4 rings (SSSR count). The second-order valence-corrected chi connectivity index (χ2v) is 8.96. The molecule has 1 aliphatic carbocycles. The van der Waals surface area contributed by atoms with Gasteiger partial charge in [0.05, 0.1) is 11.0 Å². The summed E-state index contributed by atoms with van der Waals surface area (Å²) >= 11 is 0. The third-order valence-electron chi connectivity index (χ3n) is 7.27. The Morgan fingerprint density at radius 2 is 1.90 bits per heavy atom. The van der Waals surface area contributed by atoms with E-state index < -0.39 is 6.36 Å². The molecule has 0 N–H and O–H groups in total. The van der Waals surface area contributed by atoms with Crippen molar-refractivity contribution in [1.29, 1.82) is 0 Å². The van der Waals surface area contributed by atoms with Crippen LogP contribution in [-0.4, -0.2) is 6.36 Å². The molecule has 4 unspecified atom stereocenters. The Morgan fingerprint density at radius 1 is 1.13 bits per heavy atom. The van der Waals surface area contributed by atoms with Crippen molar-refractivity contribution < 1.29 is 22.5 Å². The first kappa shape index (κ1) is 21.2. The van der Waals surface area contributed by atoms with Gasteiger partial charge in [-0.3, -0.25) is 0 Å². The first-order chi connectivity index (χ1) is 14.2. The highest BCUT2D eigenvalue weighted by Gasteiger charge is 2.61. The molecule has 30 heavy (non-hydrogen) atoms. The summed E-state index contributed by atoms with van der Waals surface area (Å²) in [5.74, 6) is 1.13. The fourth-order valence-corrected chi connectivity index (χ4v) is 6.15. The molecule has 2 aliphatic rings. The highest BCUT2D eigenvalue weighted by molar-refractivity contribution is 5.67. The van der Waals surface area contributed by atoms with E-state index in [0.29, 0.717) is 17.9 Å². The second kappa shape index (κ2) is 7.58. The predicted molar refractivity (Wildman–Crippen MR) is 111 cm³/mol. The van der Waals surface area contributed by atoms with Gasteiger partial charge in [-0.05, 0) is 55.4 Å². The van der Waals surface area contributed by atoms with Crippen molar-refractivity contribution in [2.45, 2.75) is 77.6 Å². The van der Waals surface area contributed by atoms with Crippen molar-refractivity contribution in [2.24, 2.45) is 11.8 Å². The Morgan fingerprint density at radius 3 is 2.53 bits per heavy atom. The number of alkyl halides is 3. The summed E-state index contributed by atoms with van der Waals surface area (Å²) in [7, 11) is 0. The van der Waals surface area contributed by atoms with Crippen molar-refractivity contribution in [3.63, 3.8) is 0 Å². The first-order valence-corrected chi connectivity index (χ1v) is 11.2. The van der Waals surface area contributed by atoms with E-state index in [4.69, 9.17) is 0 Å². The van der Waals surface area contributed by atoms with Crippen LogP contribution < -0.4 is 9.30 Å². The lowest BCUT2D eigenvalue weighted by atomic mass is 9.63.